The molecule has 0 spiro atoms. The SMILES string of the molecule is CCCC1CCC(Nc2ncnc(NC)c2C)CC1. The Labute approximate surface area is 116 Å². The van der Waals surface area contributed by atoms with Crippen molar-refractivity contribution < 1.29 is 0 Å². The molecule has 0 aliphatic heterocycles. The van der Waals surface area contributed by atoms with Gasteiger partial charge < -0.3 is 10.6 Å². The van der Waals surface area contributed by atoms with Crippen molar-refractivity contribution in [2.45, 2.75) is 58.4 Å². The molecule has 1 fully saturated rings. The number of aromatic nitrogens is 2. The lowest BCUT2D eigenvalue weighted by atomic mass is 9.83. The second kappa shape index (κ2) is 6.73. The lowest BCUT2D eigenvalue weighted by molar-refractivity contribution is 0.318. The van der Waals surface area contributed by atoms with Gasteiger partial charge in [-0.3, -0.25) is 0 Å². The van der Waals surface area contributed by atoms with Crippen molar-refractivity contribution in [2.75, 3.05) is 17.7 Å². The summed E-state index contributed by atoms with van der Waals surface area (Å²) in [5, 5.41) is 6.70. The summed E-state index contributed by atoms with van der Waals surface area (Å²) in [4.78, 5) is 8.60. The molecule has 0 amide bonds. The lowest BCUT2D eigenvalue weighted by Crippen LogP contribution is -2.27. The van der Waals surface area contributed by atoms with Gasteiger partial charge in [0.2, 0.25) is 0 Å². The third kappa shape index (κ3) is 3.58. The van der Waals surface area contributed by atoms with E-state index in [1.807, 2.05) is 7.05 Å². The van der Waals surface area contributed by atoms with E-state index < -0.39 is 0 Å². The molecule has 0 aromatic carbocycles. The number of rotatable bonds is 5. The molecule has 2 rings (SSSR count). The molecule has 0 bridgehead atoms. The Kier molecular flexibility index (Phi) is 5.00. The first-order valence-electron chi connectivity index (χ1n) is 7.50. The zero-order valence-corrected chi connectivity index (χ0v) is 12.4. The molecule has 19 heavy (non-hydrogen) atoms. The first kappa shape index (κ1) is 14.1. The van der Waals surface area contributed by atoms with Crippen LogP contribution in [-0.4, -0.2) is 23.1 Å². The molecule has 1 aromatic heterocycles. The largest absolute Gasteiger partial charge is 0.373 e. The van der Waals surface area contributed by atoms with Crippen molar-refractivity contribution >= 4 is 11.6 Å². The van der Waals surface area contributed by atoms with E-state index in [-0.39, 0.29) is 0 Å². The van der Waals surface area contributed by atoms with Crippen LogP contribution >= 0.6 is 0 Å². The molecular formula is C15H26N4. The highest BCUT2D eigenvalue weighted by atomic mass is 15.1. The van der Waals surface area contributed by atoms with Crippen LogP contribution in [0.15, 0.2) is 6.33 Å². The molecule has 1 aliphatic rings. The average Bonchev–Trinajstić information content (AvgIpc) is 2.43. The summed E-state index contributed by atoms with van der Waals surface area (Å²) < 4.78 is 0. The topological polar surface area (TPSA) is 49.8 Å². The van der Waals surface area contributed by atoms with Crippen LogP contribution in [0.2, 0.25) is 0 Å². The van der Waals surface area contributed by atoms with Gasteiger partial charge >= 0.3 is 0 Å². The second-order valence-electron chi connectivity index (χ2n) is 5.60. The third-order valence-corrected chi connectivity index (χ3v) is 4.21. The van der Waals surface area contributed by atoms with Gasteiger partial charge in [0.15, 0.2) is 0 Å². The van der Waals surface area contributed by atoms with Gasteiger partial charge in [0.1, 0.15) is 18.0 Å². The summed E-state index contributed by atoms with van der Waals surface area (Å²) in [6.45, 7) is 4.35. The zero-order valence-electron chi connectivity index (χ0n) is 12.4. The molecular weight excluding hydrogens is 236 g/mol. The third-order valence-electron chi connectivity index (χ3n) is 4.21. The van der Waals surface area contributed by atoms with Crippen molar-refractivity contribution in [1.82, 2.24) is 9.97 Å². The predicted molar refractivity (Wildman–Crippen MR) is 80.6 cm³/mol. The van der Waals surface area contributed by atoms with Gasteiger partial charge in [-0.2, -0.15) is 0 Å². The van der Waals surface area contributed by atoms with Gasteiger partial charge in [-0.1, -0.05) is 19.8 Å². The van der Waals surface area contributed by atoms with E-state index in [1.165, 1.54) is 38.5 Å². The molecule has 0 saturated heterocycles. The number of hydrogen-bond donors (Lipinski definition) is 2. The Morgan fingerprint density at radius 1 is 1.16 bits per heavy atom. The summed E-state index contributed by atoms with van der Waals surface area (Å²) in [6, 6.07) is 0.575. The molecule has 0 unspecified atom stereocenters. The average molecular weight is 262 g/mol. The van der Waals surface area contributed by atoms with Gasteiger partial charge in [-0.25, -0.2) is 9.97 Å². The molecule has 0 atom stereocenters. The maximum Gasteiger partial charge on any atom is 0.134 e. The fraction of sp³-hybridized carbons (Fsp3) is 0.733. The van der Waals surface area contributed by atoms with E-state index in [4.69, 9.17) is 0 Å². The summed E-state index contributed by atoms with van der Waals surface area (Å²) in [5.74, 6) is 2.85. The van der Waals surface area contributed by atoms with E-state index >= 15 is 0 Å². The second-order valence-corrected chi connectivity index (χ2v) is 5.60. The smallest absolute Gasteiger partial charge is 0.134 e. The van der Waals surface area contributed by atoms with Crippen LogP contribution in [0.3, 0.4) is 0 Å². The maximum atomic E-state index is 4.37. The van der Waals surface area contributed by atoms with Crippen molar-refractivity contribution in [1.29, 1.82) is 0 Å². The number of nitrogens with one attached hydrogen (secondary N) is 2. The quantitative estimate of drug-likeness (QED) is 0.851. The van der Waals surface area contributed by atoms with Crippen LogP contribution < -0.4 is 10.6 Å². The Hall–Kier alpha value is -1.32. The van der Waals surface area contributed by atoms with Crippen LogP contribution in [0, 0.1) is 12.8 Å². The first-order chi connectivity index (χ1) is 9.24. The van der Waals surface area contributed by atoms with Crippen molar-refractivity contribution in [2.24, 2.45) is 5.92 Å². The normalized spacial score (nSPS) is 23.1. The monoisotopic (exact) mass is 262 g/mol. The molecule has 4 nitrogen and oxygen atoms in total. The number of nitrogens with zero attached hydrogens (tertiary/aromatic N) is 2. The van der Waals surface area contributed by atoms with Crippen LogP contribution in [0.25, 0.3) is 0 Å². The van der Waals surface area contributed by atoms with Crippen molar-refractivity contribution in [3.8, 4) is 0 Å². The molecule has 4 heteroatoms. The van der Waals surface area contributed by atoms with Crippen LogP contribution in [-0.2, 0) is 0 Å². The standard InChI is InChI=1S/C15H26N4/c1-4-5-12-6-8-13(9-7-12)19-15-11(2)14(16-3)17-10-18-15/h10,12-13H,4-9H2,1-3H3,(H2,16,17,18,19). The Morgan fingerprint density at radius 3 is 2.47 bits per heavy atom. The molecule has 106 valence electrons. The van der Waals surface area contributed by atoms with E-state index in [0.717, 1.165) is 23.1 Å². The molecule has 1 heterocycles. The first-order valence-corrected chi connectivity index (χ1v) is 7.50. The summed E-state index contributed by atoms with van der Waals surface area (Å²) in [6.07, 6.45) is 9.58. The highest BCUT2D eigenvalue weighted by molar-refractivity contribution is 5.56. The number of hydrogen-bond acceptors (Lipinski definition) is 4. The molecule has 1 aromatic rings. The minimum Gasteiger partial charge on any atom is -0.373 e. The Balaban J connectivity index is 1.92. The molecule has 2 N–H and O–H groups in total. The highest BCUT2D eigenvalue weighted by Crippen LogP contribution is 2.30. The van der Waals surface area contributed by atoms with Gasteiger partial charge in [-0.15, -0.1) is 0 Å². The van der Waals surface area contributed by atoms with Crippen LogP contribution in [0.4, 0.5) is 11.6 Å². The van der Waals surface area contributed by atoms with Gasteiger partial charge in [0.25, 0.3) is 0 Å². The fourth-order valence-electron chi connectivity index (χ4n) is 3.04. The van der Waals surface area contributed by atoms with E-state index in [9.17, 15) is 0 Å². The van der Waals surface area contributed by atoms with E-state index in [0.29, 0.717) is 6.04 Å². The maximum absolute atomic E-state index is 4.37. The predicted octanol–water partition coefficient (Wildman–Crippen LogP) is 3.60. The van der Waals surface area contributed by atoms with Gasteiger partial charge in [0.05, 0.1) is 0 Å². The fourth-order valence-corrected chi connectivity index (χ4v) is 3.04. The molecule has 0 radical (unpaired) electrons. The Morgan fingerprint density at radius 2 is 1.84 bits per heavy atom. The minimum absolute atomic E-state index is 0.575. The van der Waals surface area contributed by atoms with Crippen molar-refractivity contribution in [3.05, 3.63) is 11.9 Å². The van der Waals surface area contributed by atoms with Gasteiger partial charge in [-0.05, 0) is 38.5 Å². The summed E-state index contributed by atoms with van der Waals surface area (Å²) in [7, 11) is 1.90. The summed E-state index contributed by atoms with van der Waals surface area (Å²) >= 11 is 0. The number of anilines is 2. The minimum atomic E-state index is 0.575. The van der Waals surface area contributed by atoms with E-state index in [1.54, 1.807) is 6.33 Å². The zero-order chi connectivity index (χ0) is 13.7. The highest BCUT2D eigenvalue weighted by Gasteiger charge is 2.21. The van der Waals surface area contributed by atoms with Gasteiger partial charge in [0, 0.05) is 18.7 Å². The van der Waals surface area contributed by atoms with E-state index in [2.05, 4.69) is 34.4 Å². The lowest BCUT2D eigenvalue weighted by Gasteiger charge is -2.29. The van der Waals surface area contributed by atoms with Crippen molar-refractivity contribution in [3.63, 3.8) is 0 Å². The summed E-state index contributed by atoms with van der Waals surface area (Å²) in [5.41, 5.74) is 1.11. The van der Waals surface area contributed by atoms with Crippen LogP contribution in [0.1, 0.15) is 51.0 Å². The Bertz CT molecular complexity index is 397. The molecule has 1 aliphatic carbocycles. The molecule has 1 saturated carbocycles. The van der Waals surface area contributed by atoms with Crippen LogP contribution in [0.5, 0.6) is 0 Å².